The Labute approximate surface area is 244 Å². The summed E-state index contributed by atoms with van der Waals surface area (Å²) in [6, 6.07) is 0. The highest BCUT2D eigenvalue weighted by Gasteiger charge is 2.73. The Morgan fingerprint density at radius 3 is 2.17 bits per heavy atom. The van der Waals surface area contributed by atoms with Gasteiger partial charge in [0.2, 0.25) is 0 Å². The number of carbonyl (C=O) groups excluding carboxylic acids is 1. The van der Waals surface area contributed by atoms with Gasteiger partial charge < -0.3 is 20.1 Å². The van der Waals surface area contributed by atoms with Gasteiger partial charge in [0.05, 0.1) is 23.2 Å². The Morgan fingerprint density at radius 1 is 0.975 bits per heavy atom. The van der Waals surface area contributed by atoms with E-state index >= 15 is 0 Å². The van der Waals surface area contributed by atoms with E-state index in [0.29, 0.717) is 12.8 Å². The molecule has 3 N–H and O–H groups in total. The van der Waals surface area contributed by atoms with Crippen LogP contribution in [0, 0.1) is 50.7 Å². The summed E-state index contributed by atoms with van der Waals surface area (Å²) in [6.45, 7) is 23.3. The number of aliphatic hydroxyl groups is 3. The van der Waals surface area contributed by atoms with E-state index in [-0.39, 0.29) is 52.0 Å². The van der Waals surface area contributed by atoms with E-state index in [1.165, 1.54) is 5.57 Å². The second-order valence-corrected chi connectivity index (χ2v) is 17.3. The molecule has 230 valence electrons. The first-order valence-electron chi connectivity index (χ1n) is 16.1. The SMILES string of the molecule is CC(C)=CCC[C@](C)(O)[C@H]1CC[C@]2(C)[C@@H]1[C@H](OC(=O)C(C)(C)C)C[C@@H]1[C@@]3(C)CC[C@H](O)C(C)(C)[C@@H]3[C@@H](O)C[C@]12C. The minimum absolute atomic E-state index is 0.0193. The van der Waals surface area contributed by atoms with Crippen LogP contribution >= 0.6 is 0 Å². The molecule has 4 aliphatic rings. The van der Waals surface area contributed by atoms with E-state index in [1.807, 2.05) is 27.7 Å². The minimum atomic E-state index is -0.874. The first-order chi connectivity index (χ1) is 18.1. The smallest absolute Gasteiger partial charge is 0.311 e. The molecule has 0 spiro atoms. The van der Waals surface area contributed by atoms with Crippen LogP contribution in [0.1, 0.15) is 128 Å². The highest BCUT2D eigenvalue weighted by Crippen LogP contribution is 2.76. The Balaban J connectivity index is 1.81. The highest BCUT2D eigenvalue weighted by atomic mass is 16.5. The second-order valence-electron chi connectivity index (χ2n) is 17.3. The van der Waals surface area contributed by atoms with Crippen LogP contribution in [-0.2, 0) is 9.53 Å². The molecule has 0 aromatic carbocycles. The standard InChI is InChI=1S/C35H60O5/c1-21(2)13-12-16-35(11,39)22-14-18-33(9)27(22)24(40-29(38)30(3,4)5)19-25-32(8)17-15-26(37)31(6,7)28(32)23(36)20-34(25,33)10/h13,22-28,36-37,39H,12,14-20H2,1-11H3/t22-,23-,24+,25+,26-,27-,28-,32+,33+,34+,35-/m0/s1. The lowest BCUT2D eigenvalue weighted by Gasteiger charge is -2.71. The molecule has 0 amide bonds. The molecule has 5 heteroatoms. The van der Waals surface area contributed by atoms with E-state index in [0.717, 1.165) is 38.5 Å². The van der Waals surface area contributed by atoms with E-state index in [1.54, 1.807) is 0 Å². The van der Waals surface area contributed by atoms with Crippen molar-refractivity contribution < 1.29 is 24.9 Å². The van der Waals surface area contributed by atoms with Gasteiger partial charge in [-0.25, -0.2) is 0 Å². The second kappa shape index (κ2) is 10.1. The van der Waals surface area contributed by atoms with Gasteiger partial charge >= 0.3 is 5.97 Å². The molecule has 4 saturated carbocycles. The molecule has 4 rings (SSSR count). The van der Waals surface area contributed by atoms with Crippen LogP contribution < -0.4 is 0 Å². The van der Waals surface area contributed by atoms with Crippen molar-refractivity contribution in [1.29, 1.82) is 0 Å². The Bertz CT molecular complexity index is 1000. The quantitative estimate of drug-likeness (QED) is 0.247. The molecule has 0 heterocycles. The number of ether oxygens (including phenoxy) is 1. The average Bonchev–Trinajstić information content (AvgIpc) is 3.17. The topological polar surface area (TPSA) is 87.0 Å². The van der Waals surface area contributed by atoms with Crippen LogP contribution in [0.2, 0.25) is 0 Å². The monoisotopic (exact) mass is 560 g/mol. The highest BCUT2D eigenvalue weighted by molar-refractivity contribution is 5.75. The van der Waals surface area contributed by atoms with Gasteiger partial charge in [-0.3, -0.25) is 4.79 Å². The summed E-state index contributed by atoms with van der Waals surface area (Å²) in [5.74, 6) is 0.0938. The molecule has 0 bridgehead atoms. The van der Waals surface area contributed by atoms with Gasteiger partial charge in [0.1, 0.15) is 6.10 Å². The molecule has 4 aliphatic carbocycles. The van der Waals surface area contributed by atoms with Crippen LogP contribution in [0.15, 0.2) is 11.6 Å². The van der Waals surface area contributed by atoms with Crippen LogP contribution in [0.25, 0.3) is 0 Å². The Hall–Kier alpha value is -0.910. The summed E-state index contributed by atoms with van der Waals surface area (Å²) in [4.78, 5) is 13.5. The van der Waals surface area contributed by atoms with E-state index in [4.69, 9.17) is 4.74 Å². The van der Waals surface area contributed by atoms with Gasteiger partial charge in [-0.1, -0.05) is 46.3 Å². The average molecular weight is 561 g/mol. The van der Waals surface area contributed by atoms with Crippen molar-refractivity contribution in [3.63, 3.8) is 0 Å². The van der Waals surface area contributed by atoms with E-state index < -0.39 is 28.6 Å². The molecule has 0 aliphatic heterocycles. The lowest BCUT2D eigenvalue weighted by atomic mass is 9.34. The third kappa shape index (κ3) is 4.82. The predicted octanol–water partition coefficient (Wildman–Crippen LogP) is 7.07. The molecule has 5 nitrogen and oxygen atoms in total. The van der Waals surface area contributed by atoms with Crippen LogP contribution in [0.3, 0.4) is 0 Å². The molecule has 0 aromatic heterocycles. The minimum Gasteiger partial charge on any atom is -0.462 e. The van der Waals surface area contributed by atoms with Crippen molar-refractivity contribution in [2.45, 2.75) is 151 Å². The van der Waals surface area contributed by atoms with Gasteiger partial charge in [0.15, 0.2) is 0 Å². The summed E-state index contributed by atoms with van der Waals surface area (Å²) in [5.41, 5.74) is -1.16. The molecule has 0 radical (unpaired) electrons. The fourth-order valence-corrected chi connectivity index (χ4v) is 10.9. The van der Waals surface area contributed by atoms with E-state index in [9.17, 15) is 20.1 Å². The van der Waals surface area contributed by atoms with Crippen molar-refractivity contribution in [3.05, 3.63) is 11.6 Å². The lowest BCUT2D eigenvalue weighted by molar-refractivity contribution is -0.277. The number of hydrogen-bond donors (Lipinski definition) is 3. The number of carbonyl (C=O) groups is 1. The molecule has 0 saturated heterocycles. The first kappa shape index (κ1) is 32.0. The number of esters is 1. The van der Waals surface area contributed by atoms with Gasteiger partial charge in [-0.2, -0.15) is 0 Å². The molecule has 40 heavy (non-hydrogen) atoms. The fourth-order valence-electron chi connectivity index (χ4n) is 10.9. The first-order valence-corrected chi connectivity index (χ1v) is 16.1. The van der Waals surface area contributed by atoms with Crippen LogP contribution in [-0.4, -0.2) is 45.2 Å². The molecule has 11 atom stereocenters. The van der Waals surface area contributed by atoms with Crippen molar-refractivity contribution in [3.8, 4) is 0 Å². The molecular weight excluding hydrogens is 500 g/mol. The number of fused-ring (bicyclic) bond motifs is 5. The molecule has 4 fully saturated rings. The summed E-state index contributed by atoms with van der Waals surface area (Å²) < 4.78 is 6.55. The normalized spacial score (nSPS) is 45.9. The van der Waals surface area contributed by atoms with Gasteiger partial charge in [0.25, 0.3) is 0 Å². The largest absolute Gasteiger partial charge is 0.462 e. The van der Waals surface area contributed by atoms with Crippen molar-refractivity contribution >= 4 is 5.97 Å². The molecule has 0 aromatic rings. The number of allylic oxidation sites excluding steroid dienone is 2. The zero-order valence-corrected chi connectivity index (χ0v) is 27.4. The number of aliphatic hydroxyl groups excluding tert-OH is 2. The summed E-state index contributed by atoms with van der Waals surface area (Å²) in [5, 5.41) is 35.0. The third-order valence-electron chi connectivity index (χ3n) is 13.1. The molecule has 0 unspecified atom stereocenters. The van der Waals surface area contributed by atoms with Crippen molar-refractivity contribution in [2.24, 2.45) is 50.7 Å². The molecular formula is C35H60O5. The maximum Gasteiger partial charge on any atom is 0.311 e. The number of hydrogen-bond acceptors (Lipinski definition) is 5. The van der Waals surface area contributed by atoms with Crippen LogP contribution in [0.4, 0.5) is 0 Å². The lowest BCUT2D eigenvalue weighted by Crippen LogP contribution is -2.70. The Morgan fingerprint density at radius 2 is 1.60 bits per heavy atom. The predicted molar refractivity (Wildman–Crippen MR) is 160 cm³/mol. The van der Waals surface area contributed by atoms with Gasteiger partial charge in [0, 0.05) is 5.92 Å². The van der Waals surface area contributed by atoms with Crippen molar-refractivity contribution in [2.75, 3.05) is 0 Å². The maximum atomic E-state index is 13.5. The Kier molecular flexibility index (Phi) is 8.07. The van der Waals surface area contributed by atoms with Gasteiger partial charge in [-0.05, 0) is 132 Å². The van der Waals surface area contributed by atoms with Crippen LogP contribution in [0.5, 0.6) is 0 Å². The summed E-state index contributed by atoms with van der Waals surface area (Å²) in [7, 11) is 0. The van der Waals surface area contributed by atoms with Gasteiger partial charge in [-0.15, -0.1) is 0 Å². The number of rotatable bonds is 5. The maximum absolute atomic E-state index is 13.5. The van der Waals surface area contributed by atoms with Crippen molar-refractivity contribution in [1.82, 2.24) is 0 Å². The summed E-state index contributed by atoms with van der Waals surface area (Å²) >= 11 is 0. The van der Waals surface area contributed by atoms with E-state index in [2.05, 4.69) is 54.5 Å². The zero-order chi connectivity index (χ0) is 30.3. The fraction of sp³-hybridized carbons (Fsp3) is 0.914. The third-order valence-corrected chi connectivity index (χ3v) is 13.1. The summed E-state index contributed by atoms with van der Waals surface area (Å²) in [6.07, 6.45) is 7.40. The zero-order valence-electron chi connectivity index (χ0n) is 27.4.